The van der Waals surface area contributed by atoms with Crippen LogP contribution in [0.2, 0.25) is 0 Å². The zero-order chi connectivity index (χ0) is 13.5. The summed E-state index contributed by atoms with van der Waals surface area (Å²) in [4.78, 5) is 1.08. The number of benzene rings is 1. The van der Waals surface area contributed by atoms with Crippen molar-refractivity contribution in [3.8, 4) is 6.07 Å². The Morgan fingerprint density at radius 1 is 1.42 bits per heavy atom. The van der Waals surface area contributed by atoms with E-state index in [1.54, 1.807) is 17.3 Å². The van der Waals surface area contributed by atoms with E-state index in [-0.39, 0.29) is 0 Å². The molecule has 0 fully saturated rings. The van der Waals surface area contributed by atoms with E-state index in [1.807, 2.05) is 18.2 Å². The Balaban J connectivity index is 1.99. The lowest BCUT2D eigenvalue weighted by atomic mass is 10.1. The van der Waals surface area contributed by atoms with E-state index in [0.29, 0.717) is 0 Å². The lowest BCUT2D eigenvalue weighted by Crippen LogP contribution is -2.04. The first-order valence-corrected chi connectivity index (χ1v) is 7.91. The van der Waals surface area contributed by atoms with E-state index in [4.69, 9.17) is 0 Å². The Labute approximate surface area is 119 Å². The van der Waals surface area contributed by atoms with Crippen LogP contribution in [0.3, 0.4) is 0 Å². The number of rotatable bonds is 6. The van der Waals surface area contributed by atoms with Gasteiger partial charge in [-0.15, -0.1) is 11.8 Å². The van der Waals surface area contributed by atoms with Gasteiger partial charge in [0, 0.05) is 11.4 Å². The SMILES string of the molecule is CCSc1cccc(NCCC2=CCCC2)c1C#N. The Morgan fingerprint density at radius 2 is 2.32 bits per heavy atom. The van der Waals surface area contributed by atoms with Crippen LogP contribution >= 0.6 is 11.8 Å². The lowest BCUT2D eigenvalue weighted by Gasteiger charge is -2.11. The average Bonchev–Trinajstić information content (AvgIpc) is 2.93. The summed E-state index contributed by atoms with van der Waals surface area (Å²) in [6.45, 7) is 3.03. The molecule has 0 amide bonds. The number of hydrogen-bond donors (Lipinski definition) is 1. The topological polar surface area (TPSA) is 35.8 Å². The summed E-state index contributed by atoms with van der Waals surface area (Å²) in [5, 5.41) is 12.7. The maximum atomic E-state index is 9.32. The zero-order valence-electron chi connectivity index (χ0n) is 11.4. The zero-order valence-corrected chi connectivity index (χ0v) is 12.2. The van der Waals surface area contributed by atoms with Crippen molar-refractivity contribution in [1.29, 1.82) is 5.26 Å². The third kappa shape index (κ3) is 3.78. The van der Waals surface area contributed by atoms with Crippen molar-refractivity contribution >= 4 is 17.4 Å². The third-order valence-corrected chi connectivity index (χ3v) is 4.27. The Kier molecular flexibility index (Phi) is 5.35. The summed E-state index contributed by atoms with van der Waals surface area (Å²) in [5.74, 6) is 0.991. The highest BCUT2D eigenvalue weighted by atomic mass is 32.2. The third-order valence-electron chi connectivity index (χ3n) is 3.33. The molecular formula is C16H20N2S. The largest absolute Gasteiger partial charge is 0.384 e. The second kappa shape index (κ2) is 7.25. The van der Waals surface area contributed by atoms with Crippen LogP contribution in [0.25, 0.3) is 0 Å². The van der Waals surface area contributed by atoms with Crippen LogP contribution in [0.1, 0.15) is 38.2 Å². The molecule has 0 atom stereocenters. The summed E-state index contributed by atoms with van der Waals surface area (Å²) in [7, 11) is 0. The number of thioether (sulfide) groups is 1. The molecule has 1 aliphatic rings. The van der Waals surface area contributed by atoms with Gasteiger partial charge in [0.15, 0.2) is 0 Å². The Hall–Kier alpha value is -1.40. The van der Waals surface area contributed by atoms with Gasteiger partial charge in [0.05, 0.1) is 11.3 Å². The van der Waals surface area contributed by atoms with Crippen molar-refractivity contribution in [2.24, 2.45) is 0 Å². The minimum absolute atomic E-state index is 0.787. The maximum absolute atomic E-state index is 9.32. The van der Waals surface area contributed by atoms with E-state index in [9.17, 15) is 5.26 Å². The minimum atomic E-state index is 0.787. The highest BCUT2D eigenvalue weighted by Crippen LogP contribution is 2.28. The van der Waals surface area contributed by atoms with Gasteiger partial charge in [0.2, 0.25) is 0 Å². The summed E-state index contributed by atoms with van der Waals surface area (Å²) >= 11 is 1.73. The van der Waals surface area contributed by atoms with Crippen LogP contribution in [0.4, 0.5) is 5.69 Å². The van der Waals surface area contributed by atoms with Crippen molar-refractivity contribution in [1.82, 2.24) is 0 Å². The number of nitrogens with zero attached hydrogens (tertiary/aromatic N) is 1. The smallest absolute Gasteiger partial charge is 0.102 e. The van der Waals surface area contributed by atoms with Crippen LogP contribution in [-0.4, -0.2) is 12.3 Å². The molecule has 1 N–H and O–H groups in total. The predicted octanol–water partition coefficient (Wildman–Crippen LogP) is 4.58. The highest BCUT2D eigenvalue weighted by Gasteiger charge is 2.08. The standard InChI is InChI=1S/C16H20N2S/c1-2-19-16-9-5-8-15(14(16)12-17)18-11-10-13-6-3-4-7-13/h5-6,8-9,18H,2-4,7,10-11H2,1H3. The quantitative estimate of drug-likeness (QED) is 0.608. The van der Waals surface area contributed by atoms with Crippen molar-refractivity contribution < 1.29 is 0 Å². The van der Waals surface area contributed by atoms with Crippen LogP contribution in [0, 0.1) is 11.3 Å². The first kappa shape index (κ1) is 14.0. The van der Waals surface area contributed by atoms with Crippen molar-refractivity contribution in [2.45, 2.75) is 37.5 Å². The first-order valence-electron chi connectivity index (χ1n) is 6.93. The van der Waals surface area contributed by atoms with Gasteiger partial charge in [0.1, 0.15) is 6.07 Å². The van der Waals surface area contributed by atoms with Gasteiger partial charge in [-0.2, -0.15) is 5.26 Å². The van der Waals surface area contributed by atoms with Crippen LogP contribution in [0.15, 0.2) is 34.7 Å². The van der Waals surface area contributed by atoms with E-state index in [1.165, 1.54) is 19.3 Å². The van der Waals surface area contributed by atoms with Crippen LogP contribution in [0.5, 0.6) is 0 Å². The van der Waals surface area contributed by atoms with Crippen molar-refractivity contribution in [3.63, 3.8) is 0 Å². The van der Waals surface area contributed by atoms with Gasteiger partial charge >= 0.3 is 0 Å². The fourth-order valence-electron chi connectivity index (χ4n) is 2.39. The average molecular weight is 272 g/mol. The van der Waals surface area contributed by atoms with Gasteiger partial charge in [-0.1, -0.05) is 24.6 Å². The molecule has 0 radical (unpaired) electrons. The molecule has 2 rings (SSSR count). The monoisotopic (exact) mass is 272 g/mol. The van der Waals surface area contributed by atoms with Gasteiger partial charge in [-0.05, 0) is 43.6 Å². The van der Waals surface area contributed by atoms with E-state index >= 15 is 0 Å². The van der Waals surface area contributed by atoms with Gasteiger partial charge < -0.3 is 5.32 Å². The molecule has 1 aromatic carbocycles. The number of hydrogen-bond acceptors (Lipinski definition) is 3. The number of nitriles is 1. The molecule has 3 heteroatoms. The molecule has 2 nitrogen and oxygen atoms in total. The normalized spacial score (nSPS) is 14.0. The molecule has 0 saturated carbocycles. The summed E-state index contributed by atoms with van der Waals surface area (Å²) in [6, 6.07) is 8.38. The van der Waals surface area contributed by atoms with E-state index in [2.05, 4.69) is 24.4 Å². The molecular weight excluding hydrogens is 252 g/mol. The molecule has 0 aromatic heterocycles. The fourth-order valence-corrected chi connectivity index (χ4v) is 3.18. The van der Waals surface area contributed by atoms with Gasteiger partial charge in [-0.3, -0.25) is 0 Å². The number of nitrogens with one attached hydrogen (secondary N) is 1. The molecule has 1 aliphatic carbocycles. The highest BCUT2D eigenvalue weighted by molar-refractivity contribution is 7.99. The van der Waals surface area contributed by atoms with Crippen LogP contribution < -0.4 is 5.32 Å². The van der Waals surface area contributed by atoms with E-state index in [0.717, 1.165) is 34.9 Å². The molecule has 0 saturated heterocycles. The first-order chi connectivity index (χ1) is 9.35. The second-order valence-electron chi connectivity index (χ2n) is 4.65. The molecule has 19 heavy (non-hydrogen) atoms. The second-order valence-corrected chi connectivity index (χ2v) is 5.96. The molecule has 0 aliphatic heterocycles. The van der Waals surface area contributed by atoms with Crippen LogP contribution in [-0.2, 0) is 0 Å². The fraction of sp³-hybridized carbons (Fsp3) is 0.438. The molecule has 0 unspecified atom stereocenters. The lowest BCUT2D eigenvalue weighted by molar-refractivity contribution is 0.863. The molecule has 0 spiro atoms. The molecule has 1 aromatic rings. The van der Waals surface area contributed by atoms with Gasteiger partial charge in [-0.25, -0.2) is 0 Å². The van der Waals surface area contributed by atoms with E-state index < -0.39 is 0 Å². The Bertz CT molecular complexity index is 500. The summed E-state index contributed by atoms with van der Waals surface area (Å²) < 4.78 is 0. The minimum Gasteiger partial charge on any atom is -0.384 e. The molecule has 0 bridgehead atoms. The number of allylic oxidation sites excluding steroid dienone is 1. The predicted molar refractivity (Wildman–Crippen MR) is 82.6 cm³/mol. The summed E-state index contributed by atoms with van der Waals surface area (Å²) in [5.41, 5.74) is 3.32. The van der Waals surface area contributed by atoms with Crippen molar-refractivity contribution in [2.75, 3.05) is 17.6 Å². The number of anilines is 1. The maximum Gasteiger partial charge on any atom is 0.102 e. The summed E-state index contributed by atoms with van der Waals surface area (Å²) in [6.07, 6.45) is 7.24. The van der Waals surface area contributed by atoms with Crippen molar-refractivity contribution in [3.05, 3.63) is 35.4 Å². The Morgan fingerprint density at radius 3 is 3.00 bits per heavy atom. The molecule has 100 valence electrons. The van der Waals surface area contributed by atoms with Gasteiger partial charge in [0.25, 0.3) is 0 Å². The molecule has 0 heterocycles.